The zero-order chi connectivity index (χ0) is 10.8. The average Bonchev–Trinajstić information content (AvgIpc) is 2.17. The van der Waals surface area contributed by atoms with Gasteiger partial charge in [0.05, 0.1) is 5.69 Å². The predicted molar refractivity (Wildman–Crippen MR) is 65.9 cm³/mol. The van der Waals surface area contributed by atoms with Gasteiger partial charge in [-0.1, -0.05) is 0 Å². The number of anilines is 1. The van der Waals surface area contributed by atoms with Gasteiger partial charge in [-0.25, -0.2) is 4.98 Å². The maximum absolute atomic E-state index is 13.6. The van der Waals surface area contributed by atoms with E-state index in [1.807, 2.05) is 17.0 Å². The Morgan fingerprint density at radius 2 is 2.25 bits per heavy atom. The predicted octanol–water partition coefficient (Wildman–Crippen LogP) is 1.75. The normalized spacial score (nSPS) is 20.4. The van der Waals surface area contributed by atoms with E-state index in [-0.39, 0.29) is 18.4 Å². The first-order valence-electron chi connectivity index (χ1n) is 5.28. The van der Waals surface area contributed by atoms with E-state index < -0.39 is 0 Å². The van der Waals surface area contributed by atoms with Crippen LogP contribution in [0, 0.1) is 12.9 Å². The van der Waals surface area contributed by atoms with Gasteiger partial charge in [-0.05, 0) is 26.0 Å². The number of hydrogen-bond acceptors (Lipinski definition) is 3. The molecule has 5 heteroatoms. The van der Waals surface area contributed by atoms with Crippen molar-refractivity contribution in [3.63, 3.8) is 0 Å². The Kier molecular flexibility index (Phi) is 4.50. The summed E-state index contributed by atoms with van der Waals surface area (Å²) in [6.45, 7) is 6.47. The molecule has 1 fully saturated rings. The first kappa shape index (κ1) is 13.2. The van der Waals surface area contributed by atoms with Crippen LogP contribution in [0.4, 0.5) is 10.1 Å². The van der Waals surface area contributed by atoms with Gasteiger partial charge in [0.15, 0.2) is 0 Å². The number of halogens is 2. The minimum Gasteiger partial charge on any atom is -0.365 e. The molecule has 2 heterocycles. The van der Waals surface area contributed by atoms with Crippen LogP contribution >= 0.6 is 12.4 Å². The fourth-order valence-electron chi connectivity index (χ4n) is 1.90. The van der Waals surface area contributed by atoms with Gasteiger partial charge in [0.2, 0.25) is 5.95 Å². The third-order valence-corrected chi connectivity index (χ3v) is 2.68. The largest absolute Gasteiger partial charge is 0.365 e. The third kappa shape index (κ3) is 2.83. The van der Waals surface area contributed by atoms with Crippen LogP contribution in [0.5, 0.6) is 0 Å². The summed E-state index contributed by atoms with van der Waals surface area (Å²) in [5.74, 6) is -0.357. The first-order chi connectivity index (χ1) is 7.16. The molecule has 16 heavy (non-hydrogen) atoms. The molecule has 0 aliphatic carbocycles. The van der Waals surface area contributed by atoms with Crippen LogP contribution in [0.25, 0.3) is 0 Å². The van der Waals surface area contributed by atoms with Gasteiger partial charge in [-0.15, -0.1) is 12.4 Å². The second-order valence-electron chi connectivity index (χ2n) is 4.06. The lowest BCUT2D eigenvalue weighted by Crippen LogP contribution is -2.49. The number of aromatic nitrogens is 1. The lowest BCUT2D eigenvalue weighted by Gasteiger charge is -2.33. The Morgan fingerprint density at radius 1 is 1.50 bits per heavy atom. The molecular weight excluding hydrogens is 229 g/mol. The lowest BCUT2D eigenvalue weighted by atomic mass is 10.2. The Labute approximate surface area is 101 Å². The maximum atomic E-state index is 13.6. The van der Waals surface area contributed by atoms with Crippen LogP contribution in [0.2, 0.25) is 0 Å². The SMILES string of the molecule is Cc1ccc(N2CCN[C@H](C)C2)c(F)n1.Cl. The Balaban J connectivity index is 0.00000128. The smallest absolute Gasteiger partial charge is 0.236 e. The minimum absolute atomic E-state index is 0. The van der Waals surface area contributed by atoms with Crippen LogP contribution in [0.15, 0.2) is 12.1 Å². The summed E-state index contributed by atoms with van der Waals surface area (Å²) < 4.78 is 13.6. The second kappa shape index (κ2) is 5.46. The van der Waals surface area contributed by atoms with E-state index in [1.165, 1.54) is 0 Å². The van der Waals surface area contributed by atoms with Crippen molar-refractivity contribution in [2.75, 3.05) is 24.5 Å². The van der Waals surface area contributed by atoms with E-state index >= 15 is 0 Å². The molecule has 2 rings (SSSR count). The van der Waals surface area contributed by atoms with Crippen molar-refractivity contribution in [3.05, 3.63) is 23.8 Å². The molecule has 1 aromatic rings. The van der Waals surface area contributed by atoms with E-state index in [4.69, 9.17) is 0 Å². The van der Waals surface area contributed by atoms with Gasteiger partial charge in [0.25, 0.3) is 0 Å². The Morgan fingerprint density at radius 3 is 2.88 bits per heavy atom. The number of aryl methyl sites for hydroxylation is 1. The zero-order valence-electron chi connectivity index (χ0n) is 9.53. The number of piperazine rings is 1. The molecule has 0 radical (unpaired) electrons. The highest BCUT2D eigenvalue weighted by molar-refractivity contribution is 5.85. The van der Waals surface area contributed by atoms with Crippen molar-refractivity contribution in [1.82, 2.24) is 10.3 Å². The molecule has 0 spiro atoms. The molecule has 1 aliphatic rings. The van der Waals surface area contributed by atoms with Crippen LogP contribution in [0.3, 0.4) is 0 Å². The third-order valence-electron chi connectivity index (χ3n) is 2.68. The maximum Gasteiger partial charge on any atom is 0.236 e. The van der Waals surface area contributed by atoms with Crippen LogP contribution in [0.1, 0.15) is 12.6 Å². The number of pyridine rings is 1. The molecule has 1 saturated heterocycles. The molecule has 1 aromatic heterocycles. The number of rotatable bonds is 1. The van der Waals surface area contributed by atoms with Gasteiger partial charge in [-0.2, -0.15) is 4.39 Å². The Bertz CT molecular complexity index is 359. The van der Waals surface area contributed by atoms with Crippen LogP contribution in [-0.2, 0) is 0 Å². The summed E-state index contributed by atoms with van der Waals surface area (Å²) >= 11 is 0. The molecule has 1 atom stereocenters. The Hall–Kier alpha value is -0.870. The molecule has 0 amide bonds. The average molecular weight is 246 g/mol. The van der Waals surface area contributed by atoms with E-state index in [0.29, 0.717) is 11.7 Å². The number of nitrogens with one attached hydrogen (secondary N) is 1. The molecule has 0 saturated carbocycles. The topological polar surface area (TPSA) is 28.2 Å². The van der Waals surface area contributed by atoms with E-state index in [9.17, 15) is 4.39 Å². The second-order valence-corrected chi connectivity index (χ2v) is 4.06. The first-order valence-corrected chi connectivity index (χ1v) is 5.28. The minimum atomic E-state index is -0.357. The van der Waals surface area contributed by atoms with Gasteiger partial charge in [-0.3, -0.25) is 0 Å². The summed E-state index contributed by atoms with van der Waals surface area (Å²) in [6.07, 6.45) is 0. The van der Waals surface area contributed by atoms with E-state index in [0.717, 1.165) is 25.3 Å². The van der Waals surface area contributed by atoms with E-state index in [1.54, 1.807) is 6.92 Å². The zero-order valence-corrected chi connectivity index (χ0v) is 10.4. The highest BCUT2D eigenvalue weighted by atomic mass is 35.5. The van der Waals surface area contributed by atoms with Gasteiger partial charge < -0.3 is 10.2 Å². The van der Waals surface area contributed by atoms with E-state index in [2.05, 4.69) is 17.2 Å². The molecule has 1 aliphatic heterocycles. The molecular formula is C11H17ClFN3. The van der Waals surface area contributed by atoms with Crippen molar-refractivity contribution in [2.45, 2.75) is 19.9 Å². The summed E-state index contributed by atoms with van der Waals surface area (Å²) in [6, 6.07) is 4.07. The van der Waals surface area contributed by atoms with Crippen molar-refractivity contribution >= 4 is 18.1 Å². The standard InChI is InChI=1S/C11H16FN3.ClH/c1-8-3-4-10(11(12)14-8)15-6-5-13-9(2)7-15;/h3-4,9,13H,5-7H2,1-2H3;1H/t9-;/m1./s1. The lowest BCUT2D eigenvalue weighted by molar-refractivity contribution is 0.475. The highest BCUT2D eigenvalue weighted by Crippen LogP contribution is 2.19. The molecule has 0 bridgehead atoms. The molecule has 90 valence electrons. The molecule has 1 N–H and O–H groups in total. The number of hydrogen-bond donors (Lipinski definition) is 1. The fraction of sp³-hybridized carbons (Fsp3) is 0.545. The number of nitrogens with zero attached hydrogens (tertiary/aromatic N) is 2. The molecule has 0 unspecified atom stereocenters. The van der Waals surface area contributed by atoms with Crippen LogP contribution in [-0.4, -0.2) is 30.7 Å². The summed E-state index contributed by atoms with van der Waals surface area (Å²) in [4.78, 5) is 5.89. The molecule has 3 nitrogen and oxygen atoms in total. The van der Waals surface area contributed by atoms with Crippen molar-refractivity contribution in [2.24, 2.45) is 0 Å². The highest BCUT2D eigenvalue weighted by Gasteiger charge is 2.18. The molecule has 0 aromatic carbocycles. The monoisotopic (exact) mass is 245 g/mol. The fourth-order valence-corrected chi connectivity index (χ4v) is 1.90. The van der Waals surface area contributed by atoms with Crippen molar-refractivity contribution in [3.8, 4) is 0 Å². The van der Waals surface area contributed by atoms with Crippen molar-refractivity contribution in [1.29, 1.82) is 0 Å². The van der Waals surface area contributed by atoms with Crippen molar-refractivity contribution < 1.29 is 4.39 Å². The quantitative estimate of drug-likeness (QED) is 0.764. The van der Waals surface area contributed by atoms with Gasteiger partial charge in [0.1, 0.15) is 0 Å². The summed E-state index contributed by atoms with van der Waals surface area (Å²) in [7, 11) is 0. The van der Waals surface area contributed by atoms with Crippen LogP contribution < -0.4 is 10.2 Å². The summed E-state index contributed by atoms with van der Waals surface area (Å²) in [5.41, 5.74) is 1.34. The summed E-state index contributed by atoms with van der Waals surface area (Å²) in [5, 5.41) is 3.33. The van der Waals surface area contributed by atoms with Gasteiger partial charge >= 0.3 is 0 Å². The van der Waals surface area contributed by atoms with Gasteiger partial charge in [0, 0.05) is 31.4 Å².